The van der Waals surface area contributed by atoms with Crippen LogP contribution in [0.4, 0.5) is 17.3 Å². The summed E-state index contributed by atoms with van der Waals surface area (Å²) in [6.45, 7) is 4.43. The van der Waals surface area contributed by atoms with E-state index in [1.54, 1.807) is 31.2 Å². The summed E-state index contributed by atoms with van der Waals surface area (Å²) in [7, 11) is -2.25. The number of nitrogens with zero attached hydrogens (tertiary/aromatic N) is 3. The number of aromatic nitrogens is 2. The molecule has 3 rings (SSSR count). The first-order valence-electron chi connectivity index (χ1n) is 8.78. The lowest BCUT2D eigenvalue weighted by Gasteiger charge is -2.21. The van der Waals surface area contributed by atoms with Gasteiger partial charge in [-0.15, -0.1) is 10.2 Å². The number of hydrogen-bond donors (Lipinski definition) is 1. The van der Waals surface area contributed by atoms with Crippen LogP contribution in [0, 0.1) is 6.92 Å². The van der Waals surface area contributed by atoms with E-state index in [1.165, 1.54) is 13.2 Å². The smallest absolute Gasteiger partial charge is 0.263 e. The lowest BCUT2D eigenvalue weighted by atomic mass is 10.2. The van der Waals surface area contributed by atoms with E-state index >= 15 is 0 Å². The first kappa shape index (κ1) is 19.6. The third-order valence-corrected chi connectivity index (χ3v) is 5.74. The molecule has 0 radical (unpaired) electrons. The predicted molar refractivity (Wildman–Crippen MR) is 110 cm³/mol. The minimum Gasteiger partial charge on any atom is -0.497 e. The number of benzene rings is 2. The fourth-order valence-corrected chi connectivity index (χ4v) is 4.08. The largest absolute Gasteiger partial charge is 0.497 e. The molecule has 7 nitrogen and oxygen atoms in total. The summed E-state index contributed by atoms with van der Waals surface area (Å²) in [5, 5.41) is 8.22. The number of aryl methyl sites for hydroxylation is 1. The van der Waals surface area contributed by atoms with Crippen LogP contribution in [0.25, 0.3) is 0 Å². The van der Waals surface area contributed by atoms with Crippen LogP contribution in [0.1, 0.15) is 12.5 Å². The predicted octanol–water partition coefficient (Wildman–Crippen LogP) is 3.75. The number of anilines is 3. The molecule has 0 atom stereocenters. The van der Waals surface area contributed by atoms with Gasteiger partial charge in [0.15, 0.2) is 11.6 Å². The van der Waals surface area contributed by atoms with E-state index in [4.69, 9.17) is 4.74 Å². The van der Waals surface area contributed by atoms with Crippen LogP contribution in [-0.4, -0.2) is 32.3 Å². The molecule has 0 bridgehead atoms. The molecule has 0 aliphatic heterocycles. The molecule has 0 aliphatic rings. The van der Waals surface area contributed by atoms with Gasteiger partial charge in [0, 0.05) is 12.2 Å². The standard InChI is InChI=1S/C20H22N4O3S/c1-4-24(16-8-6-5-7-9-16)20-13-12-19(21-22-20)23-28(25,26)18-11-10-17(27-3)14-15(18)2/h5-14H,4H2,1-3H3,(H,21,23). The average Bonchev–Trinajstić information content (AvgIpc) is 2.70. The Morgan fingerprint density at radius 1 is 1.04 bits per heavy atom. The maximum Gasteiger partial charge on any atom is 0.263 e. The van der Waals surface area contributed by atoms with Crippen molar-refractivity contribution >= 4 is 27.3 Å². The third kappa shape index (κ3) is 4.23. The van der Waals surface area contributed by atoms with Crippen LogP contribution in [-0.2, 0) is 10.0 Å². The zero-order chi connectivity index (χ0) is 20.1. The Balaban J connectivity index is 1.82. The highest BCUT2D eigenvalue weighted by molar-refractivity contribution is 7.92. The summed E-state index contributed by atoms with van der Waals surface area (Å²) >= 11 is 0. The summed E-state index contributed by atoms with van der Waals surface area (Å²) in [6, 6.07) is 17.9. The topological polar surface area (TPSA) is 84.4 Å². The van der Waals surface area contributed by atoms with Crippen molar-refractivity contribution in [3.8, 4) is 5.75 Å². The fraction of sp³-hybridized carbons (Fsp3) is 0.200. The first-order chi connectivity index (χ1) is 13.4. The number of methoxy groups -OCH3 is 1. The van der Waals surface area contributed by atoms with E-state index in [2.05, 4.69) is 14.9 Å². The van der Waals surface area contributed by atoms with Gasteiger partial charge in [-0.2, -0.15) is 0 Å². The van der Waals surface area contributed by atoms with Gasteiger partial charge in [-0.3, -0.25) is 4.72 Å². The minimum absolute atomic E-state index is 0.156. The van der Waals surface area contributed by atoms with E-state index < -0.39 is 10.0 Å². The van der Waals surface area contributed by atoms with Crippen molar-refractivity contribution < 1.29 is 13.2 Å². The highest BCUT2D eigenvalue weighted by atomic mass is 32.2. The zero-order valence-electron chi connectivity index (χ0n) is 16.0. The lowest BCUT2D eigenvalue weighted by Crippen LogP contribution is -2.19. The van der Waals surface area contributed by atoms with Gasteiger partial charge in [-0.1, -0.05) is 18.2 Å². The van der Waals surface area contributed by atoms with E-state index in [1.807, 2.05) is 42.2 Å². The highest BCUT2D eigenvalue weighted by Crippen LogP contribution is 2.25. The van der Waals surface area contributed by atoms with Crippen molar-refractivity contribution in [3.05, 3.63) is 66.2 Å². The normalized spacial score (nSPS) is 11.1. The van der Waals surface area contributed by atoms with Gasteiger partial charge in [0.1, 0.15) is 5.75 Å². The van der Waals surface area contributed by atoms with Crippen molar-refractivity contribution in [2.24, 2.45) is 0 Å². The number of sulfonamides is 1. The van der Waals surface area contributed by atoms with Gasteiger partial charge in [0.2, 0.25) is 0 Å². The van der Waals surface area contributed by atoms with Gasteiger partial charge >= 0.3 is 0 Å². The number of hydrogen-bond acceptors (Lipinski definition) is 6. The summed E-state index contributed by atoms with van der Waals surface area (Å²) in [5.41, 5.74) is 1.57. The quantitative estimate of drug-likeness (QED) is 0.652. The van der Waals surface area contributed by atoms with Crippen LogP contribution < -0.4 is 14.4 Å². The molecular weight excluding hydrogens is 376 g/mol. The average molecular weight is 398 g/mol. The Hall–Kier alpha value is -3.13. The lowest BCUT2D eigenvalue weighted by molar-refractivity contribution is 0.414. The molecule has 0 spiro atoms. The molecule has 0 saturated heterocycles. The molecule has 0 aliphatic carbocycles. The first-order valence-corrected chi connectivity index (χ1v) is 10.3. The van der Waals surface area contributed by atoms with Gasteiger partial charge in [0.25, 0.3) is 10.0 Å². The van der Waals surface area contributed by atoms with E-state index in [0.717, 1.165) is 5.69 Å². The second-order valence-corrected chi connectivity index (χ2v) is 7.74. The molecule has 1 heterocycles. The molecule has 3 aromatic rings. The summed E-state index contributed by atoms with van der Waals surface area (Å²) < 4.78 is 33.0. The van der Waals surface area contributed by atoms with Crippen LogP contribution in [0.5, 0.6) is 5.75 Å². The number of ether oxygens (including phenoxy) is 1. The summed E-state index contributed by atoms with van der Waals surface area (Å²) in [5.74, 6) is 1.39. The second kappa shape index (κ2) is 8.26. The molecule has 0 amide bonds. The molecule has 0 saturated carbocycles. The van der Waals surface area contributed by atoms with Crippen molar-refractivity contribution in [1.29, 1.82) is 0 Å². The Kier molecular flexibility index (Phi) is 5.79. The van der Waals surface area contributed by atoms with E-state index in [9.17, 15) is 8.42 Å². The highest BCUT2D eigenvalue weighted by Gasteiger charge is 2.18. The number of para-hydroxylation sites is 1. The van der Waals surface area contributed by atoms with Crippen molar-refractivity contribution in [1.82, 2.24) is 10.2 Å². The van der Waals surface area contributed by atoms with Crippen molar-refractivity contribution in [2.75, 3.05) is 23.3 Å². The Morgan fingerprint density at radius 3 is 2.36 bits per heavy atom. The maximum atomic E-state index is 12.7. The molecule has 1 N–H and O–H groups in total. The van der Waals surface area contributed by atoms with Gasteiger partial charge in [-0.05, 0) is 61.9 Å². The SMILES string of the molecule is CCN(c1ccccc1)c1ccc(NS(=O)(=O)c2ccc(OC)cc2C)nn1. The molecule has 28 heavy (non-hydrogen) atoms. The molecule has 1 aromatic heterocycles. The number of nitrogens with one attached hydrogen (secondary N) is 1. The molecule has 2 aromatic carbocycles. The molecule has 0 unspecified atom stereocenters. The van der Waals surface area contributed by atoms with Crippen molar-refractivity contribution in [3.63, 3.8) is 0 Å². The maximum absolute atomic E-state index is 12.7. The van der Waals surface area contributed by atoms with E-state index in [0.29, 0.717) is 23.7 Å². The van der Waals surface area contributed by atoms with Crippen LogP contribution in [0.2, 0.25) is 0 Å². The number of rotatable bonds is 7. The summed E-state index contributed by atoms with van der Waals surface area (Å²) in [4.78, 5) is 2.15. The molecule has 0 fully saturated rings. The Labute approximate surface area is 165 Å². The van der Waals surface area contributed by atoms with Crippen molar-refractivity contribution in [2.45, 2.75) is 18.7 Å². The second-order valence-electron chi connectivity index (χ2n) is 6.09. The summed E-state index contributed by atoms with van der Waals surface area (Å²) in [6.07, 6.45) is 0. The molecule has 146 valence electrons. The van der Waals surface area contributed by atoms with Crippen LogP contribution in [0.15, 0.2) is 65.6 Å². The van der Waals surface area contributed by atoms with E-state index in [-0.39, 0.29) is 10.7 Å². The molecule has 8 heteroatoms. The third-order valence-electron chi connectivity index (χ3n) is 4.22. The van der Waals surface area contributed by atoms with Crippen LogP contribution >= 0.6 is 0 Å². The monoisotopic (exact) mass is 398 g/mol. The fourth-order valence-electron chi connectivity index (χ4n) is 2.85. The Bertz CT molecular complexity index is 1040. The zero-order valence-corrected chi connectivity index (χ0v) is 16.8. The van der Waals surface area contributed by atoms with Crippen LogP contribution in [0.3, 0.4) is 0 Å². The molecular formula is C20H22N4O3S. The Morgan fingerprint density at radius 2 is 1.79 bits per heavy atom. The van der Waals surface area contributed by atoms with Gasteiger partial charge < -0.3 is 9.64 Å². The van der Waals surface area contributed by atoms with Gasteiger partial charge in [-0.25, -0.2) is 8.42 Å². The minimum atomic E-state index is -3.78. The van der Waals surface area contributed by atoms with Gasteiger partial charge in [0.05, 0.1) is 12.0 Å².